The fourth-order valence-corrected chi connectivity index (χ4v) is 1.32. The van der Waals surface area contributed by atoms with Crippen molar-refractivity contribution >= 4 is 0 Å². The van der Waals surface area contributed by atoms with Gasteiger partial charge in [0.2, 0.25) is 0 Å². The summed E-state index contributed by atoms with van der Waals surface area (Å²) in [6, 6.07) is -0.298. The van der Waals surface area contributed by atoms with E-state index in [4.69, 9.17) is 9.84 Å². The van der Waals surface area contributed by atoms with E-state index < -0.39 is 18.3 Å². The van der Waals surface area contributed by atoms with Crippen molar-refractivity contribution in [1.82, 2.24) is 5.32 Å². The molecular formula is C7H15NO4. The molecule has 0 saturated carbocycles. The second kappa shape index (κ2) is 4.15. The summed E-state index contributed by atoms with van der Waals surface area (Å²) in [7, 11) is 1.52. The Hall–Kier alpha value is -0.200. The topological polar surface area (TPSA) is 82.0 Å². The van der Waals surface area contributed by atoms with Crippen LogP contribution in [0.1, 0.15) is 0 Å². The van der Waals surface area contributed by atoms with Crippen LogP contribution in [0.3, 0.4) is 0 Å². The van der Waals surface area contributed by atoms with E-state index in [2.05, 4.69) is 5.32 Å². The number of ether oxygens (including phenoxy) is 1. The molecule has 0 aliphatic carbocycles. The molecule has 5 heteroatoms. The maximum atomic E-state index is 9.39. The second-order valence-electron chi connectivity index (χ2n) is 3.02. The first-order valence-corrected chi connectivity index (χ1v) is 3.93. The Morgan fingerprint density at radius 3 is 2.58 bits per heavy atom. The summed E-state index contributed by atoms with van der Waals surface area (Å²) in [4.78, 5) is 0. The lowest BCUT2D eigenvalue weighted by Gasteiger charge is -2.35. The van der Waals surface area contributed by atoms with Crippen molar-refractivity contribution < 1.29 is 20.1 Å². The lowest BCUT2D eigenvalue weighted by molar-refractivity contribution is -0.103. The van der Waals surface area contributed by atoms with Crippen LogP contribution in [0.4, 0.5) is 0 Å². The molecule has 1 saturated heterocycles. The molecule has 0 radical (unpaired) electrons. The fraction of sp³-hybridized carbons (Fsp3) is 1.00. The molecule has 0 amide bonds. The van der Waals surface area contributed by atoms with Crippen molar-refractivity contribution in [1.29, 1.82) is 0 Å². The lowest BCUT2D eigenvalue weighted by atomic mass is 9.97. The predicted octanol–water partition coefficient (Wildman–Crippen LogP) is -2.31. The normalized spacial score (nSPS) is 43.0. The Kier molecular flexibility index (Phi) is 3.42. The van der Waals surface area contributed by atoms with E-state index in [1.165, 1.54) is 7.11 Å². The highest BCUT2D eigenvalue weighted by molar-refractivity contribution is 4.91. The Balaban J connectivity index is 2.46. The number of piperidine rings is 1. The molecule has 1 fully saturated rings. The van der Waals surface area contributed by atoms with Gasteiger partial charge in [-0.1, -0.05) is 0 Å². The van der Waals surface area contributed by atoms with Crippen LogP contribution in [-0.2, 0) is 4.74 Å². The molecule has 1 aliphatic rings. The van der Waals surface area contributed by atoms with Gasteiger partial charge in [0.1, 0.15) is 6.10 Å². The summed E-state index contributed by atoms with van der Waals surface area (Å²) in [6.45, 7) is 0.608. The highest BCUT2D eigenvalue weighted by Crippen LogP contribution is 2.10. The monoisotopic (exact) mass is 177 g/mol. The van der Waals surface area contributed by atoms with Gasteiger partial charge in [-0.25, -0.2) is 0 Å². The van der Waals surface area contributed by atoms with Gasteiger partial charge < -0.3 is 25.4 Å². The van der Waals surface area contributed by atoms with E-state index >= 15 is 0 Å². The summed E-state index contributed by atoms with van der Waals surface area (Å²) in [5.74, 6) is 0. The first-order valence-electron chi connectivity index (χ1n) is 3.93. The Labute approximate surface area is 71.0 Å². The first kappa shape index (κ1) is 9.88. The number of rotatable bonds is 2. The SMILES string of the molecule is COCC1NCC(O)C(O)[C@@H]1O. The highest BCUT2D eigenvalue weighted by Gasteiger charge is 2.35. The molecule has 0 aromatic heterocycles. The Bertz CT molecular complexity index is 143. The van der Waals surface area contributed by atoms with Crippen LogP contribution < -0.4 is 5.32 Å². The maximum Gasteiger partial charge on any atom is 0.109 e. The predicted molar refractivity (Wildman–Crippen MR) is 41.7 cm³/mol. The molecule has 72 valence electrons. The zero-order valence-corrected chi connectivity index (χ0v) is 6.97. The van der Waals surface area contributed by atoms with Crippen LogP contribution in [-0.4, -0.2) is 59.9 Å². The molecule has 1 aliphatic heterocycles. The molecule has 1 rings (SSSR count). The maximum absolute atomic E-state index is 9.39. The smallest absolute Gasteiger partial charge is 0.109 e. The van der Waals surface area contributed by atoms with E-state index in [0.717, 1.165) is 0 Å². The number of hydrogen-bond acceptors (Lipinski definition) is 5. The van der Waals surface area contributed by atoms with E-state index in [1.54, 1.807) is 0 Å². The third kappa shape index (κ3) is 1.94. The first-order chi connectivity index (χ1) is 5.66. The number of hydrogen-bond donors (Lipinski definition) is 4. The van der Waals surface area contributed by atoms with E-state index in [1.807, 2.05) is 0 Å². The van der Waals surface area contributed by atoms with Gasteiger partial charge in [0.25, 0.3) is 0 Å². The van der Waals surface area contributed by atoms with Gasteiger partial charge in [-0.05, 0) is 0 Å². The molecule has 1 heterocycles. The summed E-state index contributed by atoms with van der Waals surface area (Å²) in [5.41, 5.74) is 0. The van der Waals surface area contributed by atoms with Gasteiger partial charge in [0.05, 0.1) is 24.9 Å². The standard InChI is InChI=1S/C7H15NO4/c1-12-3-4-6(10)7(11)5(9)2-8-4/h4-11H,2-3H2,1H3/t4?,5?,6-,7?/m1/s1. The van der Waals surface area contributed by atoms with Crippen molar-refractivity contribution in [2.75, 3.05) is 20.3 Å². The molecule has 0 bridgehead atoms. The van der Waals surface area contributed by atoms with Crippen LogP contribution in [0.25, 0.3) is 0 Å². The minimum absolute atomic E-state index is 0.284. The van der Waals surface area contributed by atoms with Gasteiger partial charge in [-0.15, -0.1) is 0 Å². The van der Waals surface area contributed by atoms with Gasteiger partial charge in [0.15, 0.2) is 0 Å². The van der Waals surface area contributed by atoms with Crippen molar-refractivity contribution in [3.63, 3.8) is 0 Å². The van der Waals surface area contributed by atoms with Crippen molar-refractivity contribution in [3.05, 3.63) is 0 Å². The fourth-order valence-electron chi connectivity index (χ4n) is 1.32. The molecule has 5 nitrogen and oxygen atoms in total. The van der Waals surface area contributed by atoms with E-state index in [9.17, 15) is 10.2 Å². The van der Waals surface area contributed by atoms with Crippen LogP contribution >= 0.6 is 0 Å². The van der Waals surface area contributed by atoms with Crippen LogP contribution in [0.2, 0.25) is 0 Å². The molecule has 3 unspecified atom stereocenters. The number of methoxy groups -OCH3 is 1. The average molecular weight is 177 g/mol. The van der Waals surface area contributed by atoms with Gasteiger partial charge in [-0.2, -0.15) is 0 Å². The zero-order chi connectivity index (χ0) is 9.14. The van der Waals surface area contributed by atoms with E-state index in [-0.39, 0.29) is 12.6 Å². The highest BCUT2D eigenvalue weighted by atomic mass is 16.5. The largest absolute Gasteiger partial charge is 0.389 e. The van der Waals surface area contributed by atoms with Crippen molar-refractivity contribution in [2.45, 2.75) is 24.4 Å². The van der Waals surface area contributed by atoms with Crippen LogP contribution in [0, 0.1) is 0 Å². The second-order valence-corrected chi connectivity index (χ2v) is 3.02. The van der Waals surface area contributed by atoms with E-state index in [0.29, 0.717) is 6.61 Å². The number of aliphatic hydroxyl groups is 3. The molecular weight excluding hydrogens is 162 g/mol. The third-order valence-corrected chi connectivity index (χ3v) is 2.09. The molecule has 0 aromatic carbocycles. The van der Waals surface area contributed by atoms with Crippen LogP contribution in [0.15, 0.2) is 0 Å². The van der Waals surface area contributed by atoms with Crippen LogP contribution in [0.5, 0.6) is 0 Å². The average Bonchev–Trinajstić information content (AvgIpc) is 2.07. The lowest BCUT2D eigenvalue weighted by Crippen LogP contribution is -2.61. The van der Waals surface area contributed by atoms with Crippen molar-refractivity contribution in [2.24, 2.45) is 0 Å². The third-order valence-electron chi connectivity index (χ3n) is 2.09. The number of nitrogens with one attached hydrogen (secondary N) is 1. The molecule has 4 atom stereocenters. The number of β-amino-alcohol motifs (C(OH)–C–C–N with tert-alkyl or cyclic N) is 1. The summed E-state index contributed by atoms with van der Waals surface area (Å²) in [5, 5.41) is 30.6. The molecule has 12 heavy (non-hydrogen) atoms. The minimum Gasteiger partial charge on any atom is -0.389 e. The Morgan fingerprint density at radius 1 is 1.33 bits per heavy atom. The summed E-state index contributed by atoms with van der Waals surface area (Å²) < 4.78 is 4.82. The number of aliphatic hydroxyl groups excluding tert-OH is 3. The molecule has 0 aromatic rings. The Morgan fingerprint density at radius 2 is 2.00 bits per heavy atom. The summed E-state index contributed by atoms with van der Waals surface area (Å²) >= 11 is 0. The van der Waals surface area contributed by atoms with Crippen molar-refractivity contribution in [3.8, 4) is 0 Å². The van der Waals surface area contributed by atoms with Gasteiger partial charge in [-0.3, -0.25) is 0 Å². The quantitative estimate of drug-likeness (QED) is 0.381. The van der Waals surface area contributed by atoms with Gasteiger partial charge in [0, 0.05) is 13.7 Å². The minimum atomic E-state index is -1.08. The molecule has 4 N–H and O–H groups in total. The summed E-state index contributed by atoms with van der Waals surface area (Å²) in [6.07, 6.45) is -2.94. The van der Waals surface area contributed by atoms with Gasteiger partial charge >= 0.3 is 0 Å². The zero-order valence-electron chi connectivity index (χ0n) is 6.97. The molecule has 0 spiro atoms.